The Bertz CT molecular complexity index is 367. The number of thiazole rings is 1. The normalized spacial score (nSPS) is 20.7. The topological polar surface area (TPSA) is 37.4 Å². The molecule has 1 unspecified atom stereocenters. The van der Waals surface area contributed by atoms with E-state index in [4.69, 9.17) is 9.72 Å². The molecule has 0 saturated carbocycles. The van der Waals surface area contributed by atoms with Gasteiger partial charge in [-0.2, -0.15) is 0 Å². The maximum atomic E-state index is 5.45. The average Bonchev–Trinajstić information content (AvgIpc) is 2.78. The molecule has 0 amide bonds. The highest BCUT2D eigenvalue weighted by Crippen LogP contribution is 2.24. The number of hydrogen-bond acceptors (Lipinski definition) is 5. The molecule has 0 aliphatic carbocycles. The van der Waals surface area contributed by atoms with E-state index < -0.39 is 0 Å². The van der Waals surface area contributed by atoms with Crippen molar-refractivity contribution in [3.63, 3.8) is 0 Å². The molecule has 4 nitrogen and oxygen atoms in total. The molecule has 0 radical (unpaired) electrons. The number of nitrogens with zero attached hydrogens (tertiary/aromatic N) is 2. The molecule has 0 bridgehead atoms. The Labute approximate surface area is 113 Å². The summed E-state index contributed by atoms with van der Waals surface area (Å²) in [4.78, 5) is 7.05. The van der Waals surface area contributed by atoms with Gasteiger partial charge >= 0.3 is 0 Å². The van der Waals surface area contributed by atoms with E-state index in [0.717, 1.165) is 43.7 Å². The van der Waals surface area contributed by atoms with Crippen LogP contribution < -0.4 is 10.2 Å². The van der Waals surface area contributed by atoms with Crippen LogP contribution in [-0.4, -0.2) is 37.3 Å². The zero-order valence-corrected chi connectivity index (χ0v) is 12.3. The minimum absolute atomic E-state index is 0.432. The number of hydrogen-bond donors (Lipinski definition) is 1. The van der Waals surface area contributed by atoms with Crippen molar-refractivity contribution in [2.75, 3.05) is 31.2 Å². The van der Waals surface area contributed by atoms with Crippen LogP contribution in [0, 0.1) is 5.92 Å². The third-order valence-electron chi connectivity index (χ3n) is 3.01. The van der Waals surface area contributed by atoms with Crippen molar-refractivity contribution in [2.45, 2.75) is 33.4 Å². The number of nitrogens with one attached hydrogen (secondary N) is 1. The maximum absolute atomic E-state index is 5.45. The molecule has 1 aliphatic rings. The predicted octanol–water partition coefficient (Wildman–Crippen LogP) is 2.11. The summed E-state index contributed by atoms with van der Waals surface area (Å²) in [5.41, 5.74) is 1.15. The Morgan fingerprint density at radius 3 is 3.17 bits per heavy atom. The van der Waals surface area contributed by atoms with E-state index in [-0.39, 0.29) is 0 Å². The molecular weight excluding hydrogens is 246 g/mol. The summed E-state index contributed by atoms with van der Waals surface area (Å²) in [5.74, 6) is 0.683. The van der Waals surface area contributed by atoms with Crippen LogP contribution in [-0.2, 0) is 11.3 Å². The van der Waals surface area contributed by atoms with Crippen molar-refractivity contribution in [1.29, 1.82) is 0 Å². The molecule has 1 aromatic rings. The molecule has 1 aromatic heterocycles. The van der Waals surface area contributed by atoms with Crippen LogP contribution in [0.25, 0.3) is 0 Å². The first-order valence-corrected chi connectivity index (χ1v) is 7.54. The molecule has 1 fully saturated rings. The fourth-order valence-electron chi connectivity index (χ4n) is 2.01. The van der Waals surface area contributed by atoms with Crippen LogP contribution in [0.3, 0.4) is 0 Å². The van der Waals surface area contributed by atoms with Gasteiger partial charge in [0.1, 0.15) is 0 Å². The van der Waals surface area contributed by atoms with E-state index in [1.54, 1.807) is 11.3 Å². The third kappa shape index (κ3) is 3.67. The second-order valence-electron chi connectivity index (χ2n) is 5.26. The Hall–Kier alpha value is -0.650. The summed E-state index contributed by atoms with van der Waals surface area (Å²) >= 11 is 1.74. The van der Waals surface area contributed by atoms with Gasteiger partial charge in [-0.25, -0.2) is 4.98 Å². The van der Waals surface area contributed by atoms with Crippen molar-refractivity contribution in [3.05, 3.63) is 11.1 Å². The quantitative estimate of drug-likeness (QED) is 0.888. The number of anilines is 1. The summed E-state index contributed by atoms with van der Waals surface area (Å²) in [5, 5.41) is 6.72. The van der Waals surface area contributed by atoms with Crippen LogP contribution in [0.15, 0.2) is 5.38 Å². The number of morpholine rings is 1. The fourth-order valence-corrected chi connectivity index (χ4v) is 2.96. The smallest absolute Gasteiger partial charge is 0.185 e. The van der Waals surface area contributed by atoms with Crippen molar-refractivity contribution in [3.8, 4) is 0 Å². The van der Waals surface area contributed by atoms with Crippen LogP contribution in [0.2, 0.25) is 0 Å². The van der Waals surface area contributed by atoms with Gasteiger partial charge in [0.05, 0.1) is 24.9 Å². The molecule has 2 heterocycles. The second-order valence-corrected chi connectivity index (χ2v) is 6.10. The summed E-state index contributed by atoms with van der Waals surface area (Å²) in [7, 11) is 0. The molecule has 1 N–H and O–H groups in total. The summed E-state index contributed by atoms with van der Waals surface area (Å²) in [6.45, 7) is 11.1. The average molecular weight is 269 g/mol. The fraction of sp³-hybridized carbons (Fsp3) is 0.769. The van der Waals surface area contributed by atoms with Gasteiger partial charge in [-0.05, 0) is 19.4 Å². The second kappa shape index (κ2) is 6.50. The first-order valence-electron chi connectivity index (χ1n) is 6.66. The molecule has 1 atom stereocenters. The van der Waals surface area contributed by atoms with Crippen LogP contribution >= 0.6 is 11.3 Å². The van der Waals surface area contributed by atoms with E-state index in [2.05, 4.69) is 36.4 Å². The first kappa shape index (κ1) is 13.8. The van der Waals surface area contributed by atoms with Crippen molar-refractivity contribution in [2.24, 2.45) is 5.92 Å². The van der Waals surface area contributed by atoms with Crippen LogP contribution in [0.4, 0.5) is 5.13 Å². The van der Waals surface area contributed by atoms with Crippen molar-refractivity contribution >= 4 is 16.5 Å². The van der Waals surface area contributed by atoms with Gasteiger partial charge in [0, 0.05) is 18.5 Å². The molecular formula is C13H23N3OS. The minimum Gasteiger partial charge on any atom is -0.377 e. The number of rotatable bonds is 5. The van der Waals surface area contributed by atoms with E-state index >= 15 is 0 Å². The van der Waals surface area contributed by atoms with Gasteiger partial charge in [-0.15, -0.1) is 11.3 Å². The number of ether oxygens (including phenoxy) is 1. The third-order valence-corrected chi connectivity index (χ3v) is 3.94. The van der Waals surface area contributed by atoms with Gasteiger partial charge < -0.3 is 15.0 Å². The molecule has 2 rings (SSSR count). The maximum Gasteiger partial charge on any atom is 0.185 e. The molecule has 1 aliphatic heterocycles. The lowest BCUT2D eigenvalue weighted by atomic mass is 10.2. The highest BCUT2D eigenvalue weighted by molar-refractivity contribution is 7.13. The standard InChI is InChI=1S/C13H23N3OS/c1-10(2)6-14-7-12-9-18-13(15-12)16-4-5-17-8-11(16)3/h9-11,14H,4-8H2,1-3H3. The van der Waals surface area contributed by atoms with E-state index in [1.165, 1.54) is 0 Å². The van der Waals surface area contributed by atoms with Gasteiger partial charge in [0.25, 0.3) is 0 Å². The Balaban J connectivity index is 1.88. The zero-order chi connectivity index (χ0) is 13.0. The van der Waals surface area contributed by atoms with Gasteiger partial charge in [-0.3, -0.25) is 0 Å². The van der Waals surface area contributed by atoms with Crippen LogP contribution in [0.5, 0.6) is 0 Å². The summed E-state index contributed by atoms with van der Waals surface area (Å²) < 4.78 is 5.45. The van der Waals surface area contributed by atoms with Gasteiger partial charge in [0.2, 0.25) is 0 Å². The molecule has 1 saturated heterocycles. The van der Waals surface area contributed by atoms with Gasteiger partial charge in [-0.1, -0.05) is 13.8 Å². The molecule has 18 heavy (non-hydrogen) atoms. The molecule has 5 heteroatoms. The Morgan fingerprint density at radius 1 is 1.61 bits per heavy atom. The first-order chi connectivity index (χ1) is 8.66. The van der Waals surface area contributed by atoms with E-state index in [0.29, 0.717) is 12.0 Å². The highest BCUT2D eigenvalue weighted by Gasteiger charge is 2.21. The molecule has 0 spiro atoms. The lowest BCUT2D eigenvalue weighted by Gasteiger charge is -2.32. The Morgan fingerprint density at radius 2 is 2.44 bits per heavy atom. The minimum atomic E-state index is 0.432. The SMILES string of the molecule is CC(C)CNCc1csc(N2CCOCC2C)n1. The lowest BCUT2D eigenvalue weighted by molar-refractivity contribution is 0.0989. The molecule has 102 valence electrons. The monoisotopic (exact) mass is 269 g/mol. The zero-order valence-electron chi connectivity index (χ0n) is 11.5. The van der Waals surface area contributed by atoms with E-state index in [9.17, 15) is 0 Å². The van der Waals surface area contributed by atoms with Crippen LogP contribution in [0.1, 0.15) is 26.5 Å². The molecule has 0 aromatic carbocycles. The van der Waals surface area contributed by atoms with Gasteiger partial charge in [0.15, 0.2) is 5.13 Å². The van der Waals surface area contributed by atoms with E-state index in [1.807, 2.05) is 0 Å². The van der Waals surface area contributed by atoms with Crippen molar-refractivity contribution in [1.82, 2.24) is 10.3 Å². The lowest BCUT2D eigenvalue weighted by Crippen LogP contribution is -2.43. The highest BCUT2D eigenvalue weighted by atomic mass is 32.1. The number of aromatic nitrogens is 1. The summed E-state index contributed by atoms with van der Waals surface area (Å²) in [6.07, 6.45) is 0. The van der Waals surface area contributed by atoms with Crippen molar-refractivity contribution < 1.29 is 4.74 Å². The summed E-state index contributed by atoms with van der Waals surface area (Å²) in [6, 6.07) is 0.432. The largest absolute Gasteiger partial charge is 0.377 e. The Kier molecular flexibility index (Phi) is 4.97. The predicted molar refractivity (Wildman–Crippen MR) is 76.3 cm³/mol.